The minimum absolute atomic E-state index is 0.00691. The van der Waals surface area contributed by atoms with E-state index in [1.54, 1.807) is 0 Å². The summed E-state index contributed by atoms with van der Waals surface area (Å²) in [6, 6.07) is 5.80. The van der Waals surface area contributed by atoms with Crippen LogP contribution in [0, 0.1) is 0 Å². The maximum absolute atomic E-state index is 11.5. The SMILES string of the molecule is CN(C)CC(=O)Nc1ccc2sncc2c1. The highest BCUT2D eigenvalue weighted by atomic mass is 32.1. The molecule has 2 aromatic rings. The van der Waals surface area contributed by atoms with Crippen molar-refractivity contribution >= 4 is 33.2 Å². The molecule has 1 N–H and O–H groups in total. The minimum atomic E-state index is -0.00691. The molecular weight excluding hydrogens is 222 g/mol. The smallest absolute Gasteiger partial charge is 0.238 e. The normalized spacial score (nSPS) is 10.9. The number of hydrogen-bond donors (Lipinski definition) is 1. The Morgan fingerprint density at radius 3 is 3.06 bits per heavy atom. The summed E-state index contributed by atoms with van der Waals surface area (Å²) in [5.41, 5.74) is 0.819. The molecule has 0 saturated carbocycles. The van der Waals surface area contributed by atoms with Gasteiger partial charge in [0, 0.05) is 17.3 Å². The van der Waals surface area contributed by atoms with E-state index in [0.717, 1.165) is 15.8 Å². The highest BCUT2D eigenvalue weighted by Crippen LogP contribution is 2.21. The van der Waals surface area contributed by atoms with E-state index in [0.29, 0.717) is 6.54 Å². The highest BCUT2D eigenvalue weighted by Gasteiger charge is 2.04. The van der Waals surface area contributed by atoms with Crippen molar-refractivity contribution in [1.29, 1.82) is 0 Å². The zero-order valence-electron chi connectivity index (χ0n) is 9.23. The van der Waals surface area contributed by atoms with Crippen LogP contribution in [0.5, 0.6) is 0 Å². The van der Waals surface area contributed by atoms with Crippen LogP contribution in [0.3, 0.4) is 0 Å². The first-order valence-electron chi connectivity index (χ1n) is 4.94. The molecule has 0 aliphatic rings. The molecular formula is C11H13N3OS. The van der Waals surface area contributed by atoms with Gasteiger partial charge in [-0.25, -0.2) is 0 Å². The molecule has 1 aromatic heterocycles. The van der Waals surface area contributed by atoms with Crippen LogP contribution in [0.2, 0.25) is 0 Å². The van der Waals surface area contributed by atoms with Crippen LogP contribution in [0.15, 0.2) is 24.4 Å². The Bertz CT molecular complexity index is 507. The first kappa shape index (κ1) is 11.0. The number of likely N-dealkylation sites (N-methyl/N-ethyl adjacent to an activating group) is 1. The van der Waals surface area contributed by atoms with E-state index < -0.39 is 0 Å². The van der Waals surface area contributed by atoms with Crippen molar-refractivity contribution in [2.75, 3.05) is 26.0 Å². The van der Waals surface area contributed by atoms with Gasteiger partial charge in [0.1, 0.15) is 0 Å². The lowest BCUT2D eigenvalue weighted by Crippen LogP contribution is -2.26. The Balaban J connectivity index is 2.11. The minimum Gasteiger partial charge on any atom is -0.325 e. The third-order valence-electron chi connectivity index (χ3n) is 2.10. The number of rotatable bonds is 3. The Morgan fingerprint density at radius 2 is 2.31 bits per heavy atom. The van der Waals surface area contributed by atoms with Crippen molar-refractivity contribution < 1.29 is 4.79 Å². The van der Waals surface area contributed by atoms with E-state index in [2.05, 4.69) is 9.69 Å². The molecule has 0 aliphatic heterocycles. The number of amides is 1. The second kappa shape index (κ2) is 4.59. The van der Waals surface area contributed by atoms with Crippen LogP contribution < -0.4 is 5.32 Å². The number of hydrogen-bond acceptors (Lipinski definition) is 4. The summed E-state index contributed by atoms with van der Waals surface area (Å²) in [7, 11) is 3.73. The fourth-order valence-electron chi connectivity index (χ4n) is 1.44. The van der Waals surface area contributed by atoms with Gasteiger partial charge >= 0.3 is 0 Å². The molecule has 0 radical (unpaired) electrons. The van der Waals surface area contributed by atoms with Gasteiger partial charge in [0.15, 0.2) is 0 Å². The van der Waals surface area contributed by atoms with E-state index in [9.17, 15) is 4.79 Å². The van der Waals surface area contributed by atoms with Gasteiger partial charge in [-0.05, 0) is 43.8 Å². The summed E-state index contributed by atoms with van der Waals surface area (Å²) in [4.78, 5) is 13.4. The number of fused-ring (bicyclic) bond motifs is 1. The summed E-state index contributed by atoms with van der Waals surface area (Å²) >= 11 is 1.45. The van der Waals surface area contributed by atoms with E-state index in [1.807, 2.05) is 43.4 Å². The second-order valence-electron chi connectivity index (χ2n) is 3.86. The van der Waals surface area contributed by atoms with E-state index in [1.165, 1.54) is 11.5 Å². The topological polar surface area (TPSA) is 45.2 Å². The van der Waals surface area contributed by atoms with Crippen LogP contribution in [-0.4, -0.2) is 35.8 Å². The molecule has 0 fully saturated rings. The highest BCUT2D eigenvalue weighted by molar-refractivity contribution is 7.13. The van der Waals surface area contributed by atoms with E-state index in [-0.39, 0.29) is 5.91 Å². The van der Waals surface area contributed by atoms with Gasteiger partial charge in [-0.15, -0.1) is 0 Å². The first-order valence-corrected chi connectivity index (χ1v) is 5.71. The van der Waals surface area contributed by atoms with Gasteiger partial charge < -0.3 is 10.2 Å². The summed E-state index contributed by atoms with van der Waals surface area (Å²) in [6.45, 7) is 0.389. The third kappa shape index (κ3) is 2.56. The van der Waals surface area contributed by atoms with Crippen molar-refractivity contribution in [3.63, 3.8) is 0 Å². The first-order chi connectivity index (χ1) is 7.65. The van der Waals surface area contributed by atoms with Crippen LogP contribution in [0.4, 0.5) is 5.69 Å². The monoisotopic (exact) mass is 235 g/mol. The number of carbonyl (C=O) groups excluding carboxylic acids is 1. The van der Waals surface area contributed by atoms with Crippen LogP contribution >= 0.6 is 11.5 Å². The molecule has 4 nitrogen and oxygen atoms in total. The maximum atomic E-state index is 11.5. The second-order valence-corrected chi connectivity index (χ2v) is 4.70. The lowest BCUT2D eigenvalue weighted by atomic mass is 10.2. The Kier molecular flexibility index (Phi) is 3.17. The predicted octanol–water partition coefficient (Wildman–Crippen LogP) is 1.80. The number of aromatic nitrogens is 1. The third-order valence-corrected chi connectivity index (χ3v) is 2.88. The van der Waals surface area contributed by atoms with E-state index >= 15 is 0 Å². The van der Waals surface area contributed by atoms with Crippen LogP contribution in [-0.2, 0) is 4.79 Å². The molecule has 0 spiro atoms. The van der Waals surface area contributed by atoms with Crippen LogP contribution in [0.1, 0.15) is 0 Å². The number of carbonyl (C=O) groups is 1. The molecule has 0 saturated heterocycles. The van der Waals surface area contributed by atoms with Gasteiger partial charge in [-0.2, -0.15) is 4.37 Å². The number of benzene rings is 1. The lowest BCUT2D eigenvalue weighted by Gasteiger charge is -2.09. The van der Waals surface area contributed by atoms with Crippen molar-refractivity contribution in [1.82, 2.24) is 9.27 Å². The number of anilines is 1. The van der Waals surface area contributed by atoms with Gasteiger partial charge in [0.2, 0.25) is 5.91 Å². The number of nitrogens with zero attached hydrogens (tertiary/aromatic N) is 2. The average molecular weight is 235 g/mol. The van der Waals surface area contributed by atoms with Gasteiger partial charge in [-0.1, -0.05) is 0 Å². The largest absolute Gasteiger partial charge is 0.325 e. The summed E-state index contributed by atoms with van der Waals surface area (Å²) in [5, 5.41) is 3.91. The molecule has 0 aliphatic carbocycles. The standard InChI is InChI=1S/C11H13N3OS/c1-14(2)7-11(15)13-9-3-4-10-8(5-9)6-12-16-10/h3-6H,7H2,1-2H3,(H,13,15). The fourth-order valence-corrected chi connectivity index (χ4v) is 2.06. The summed E-state index contributed by atoms with van der Waals surface area (Å²) in [5.74, 6) is -0.00691. The molecule has 1 aromatic carbocycles. The predicted molar refractivity (Wildman–Crippen MR) is 66.8 cm³/mol. The van der Waals surface area contributed by atoms with Gasteiger partial charge in [0.05, 0.1) is 11.2 Å². The molecule has 0 unspecified atom stereocenters. The van der Waals surface area contributed by atoms with Crippen molar-refractivity contribution in [3.8, 4) is 0 Å². The Hall–Kier alpha value is -1.46. The summed E-state index contributed by atoms with van der Waals surface area (Å²) < 4.78 is 5.22. The molecule has 0 atom stereocenters. The zero-order chi connectivity index (χ0) is 11.5. The molecule has 0 bridgehead atoms. The molecule has 16 heavy (non-hydrogen) atoms. The van der Waals surface area contributed by atoms with Crippen molar-refractivity contribution in [3.05, 3.63) is 24.4 Å². The lowest BCUT2D eigenvalue weighted by molar-refractivity contribution is -0.116. The quantitative estimate of drug-likeness (QED) is 0.882. The van der Waals surface area contributed by atoms with Crippen molar-refractivity contribution in [2.24, 2.45) is 0 Å². The molecule has 2 rings (SSSR count). The van der Waals surface area contributed by atoms with Gasteiger partial charge in [-0.3, -0.25) is 4.79 Å². The molecule has 84 valence electrons. The average Bonchev–Trinajstić information content (AvgIpc) is 2.63. The fraction of sp³-hybridized carbons (Fsp3) is 0.273. The van der Waals surface area contributed by atoms with Crippen LogP contribution in [0.25, 0.3) is 10.1 Å². The van der Waals surface area contributed by atoms with Gasteiger partial charge in [0.25, 0.3) is 0 Å². The van der Waals surface area contributed by atoms with Crippen molar-refractivity contribution in [2.45, 2.75) is 0 Å². The Labute approximate surface area is 98.0 Å². The maximum Gasteiger partial charge on any atom is 0.238 e. The Morgan fingerprint density at radius 1 is 1.50 bits per heavy atom. The van der Waals surface area contributed by atoms with E-state index in [4.69, 9.17) is 0 Å². The molecule has 1 heterocycles. The zero-order valence-corrected chi connectivity index (χ0v) is 10.0. The number of nitrogens with one attached hydrogen (secondary N) is 1. The molecule has 5 heteroatoms. The summed E-state index contributed by atoms with van der Waals surface area (Å²) in [6.07, 6.45) is 1.81. The molecule has 1 amide bonds.